The zero-order chi connectivity index (χ0) is 15.4. The van der Waals surface area contributed by atoms with Crippen LogP contribution in [-0.4, -0.2) is 63.0 Å². The van der Waals surface area contributed by atoms with E-state index < -0.39 is 0 Å². The van der Waals surface area contributed by atoms with E-state index in [-0.39, 0.29) is 0 Å². The lowest BCUT2D eigenvalue weighted by molar-refractivity contribution is -0.133. The van der Waals surface area contributed by atoms with Crippen molar-refractivity contribution >= 4 is 0 Å². The van der Waals surface area contributed by atoms with E-state index in [1.165, 1.54) is 58.0 Å². The Kier molecular flexibility index (Phi) is 5.77. The fraction of sp³-hybridized carbons (Fsp3) is 1.00. The number of hydrogen-bond donors (Lipinski definition) is 1. The van der Waals surface area contributed by atoms with Crippen molar-refractivity contribution in [3.05, 3.63) is 0 Å². The second-order valence-electron chi connectivity index (χ2n) is 7.45. The molecule has 1 heterocycles. The van der Waals surface area contributed by atoms with Gasteiger partial charge in [-0.25, -0.2) is 0 Å². The highest BCUT2D eigenvalue weighted by molar-refractivity contribution is 5.10. The third kappa shape index (κ3) is 3.35. The van der Waals surface area contributed by atoms with Gasteiger partial charge in [0.25, 0.3) is 0 Å². The number of ether oxygens (including phenoxy) is 2. The van der Waals surface area contributed by atoms with Gasteiger partial charge in [0, 0.05) is 37.8 Å². The van der Waals surface area contributed by atoms with E-state index in [1.807, 2.05) is 0 Å². The zero-order valence-corrected chi connectivity index (χ0v) is 14.5. The van der Waals surface area contributed by atoms with Gasteiger partial charge in [-0.15, -0.1) is 0 Å². The maximum atomic E-state index is 6.03. The van der Waals surface area contributed by atoms with Crippen molar-refractivity contribution in [2.45, 2.75) is 70.1 Å². The van der Waals surface area contributed by atoms with Crippen LogP contribution in [0.5, 0.6) is 0 Å². The molecule has 3 fully saturated rings. The van der Waals surface area contributed by atoms with E-state index in [9.17, 15) is 0 Å². The first-order valence-electron chi connectivity index (χ1n) is 9.37. The molecule has 1 spiro atoms. The van der Waals surface area contributed by atoms with Crippen LogP contribution in [0.3, 0.4) is 0 Å². The summed E-state index contributed by atoms with van der Waals surface area (Å²) in [4.78, 5) is 2.54. The average molecular weight is 310 g/mol. The van der Waals surface area contributed by atoms with Gasteiger partial charge in [-0.1, -0.05) is 12.8 Å². The van der Waals surface area contributed by atoms with Crippen LogP contribution in [0.25, 0.3) is 0 Å². The van der Waals surface area contributed by atoms with E-state index in [0.717, 1.165) is 19.8 Å². The molecule has 1 saturated heterocycles. The van der Waals surface area contributed by atoms with E-state index in [1.54, 1.807) is 7.11 Å². The zero-order valence-electron chi connectivity index (χ0n) is 14.5. The molecule has 0 aromatic rings. The van der Waals surface area contributed by atoms with E-state index in [2.05, 4.69) is 17.1 Å². The summed E-state index contributed by atoms with van der Waals surface area (Å²) in [6.45, 7) is 7.39. The summed E-state index contributed by atoms with van der Waals surface area (Å²) in [6.07, 6.45) is 9.89. The lowest BCUT2D eigenvalue weighted by Gasteiger charge is -2.55. The van der Waals surface area contributed by atoms with Gasteiger partial charge in [0.1, 0.15) is 0 Å². The van der Waals surface area contributed by atoms with Crippen LogP contribution in [0.4, 0.5) is 0 Å². The highest BCUT2D eigenvalue weighted by Gasteiger charge is 2.56. The predicted molar refractivity (Wildman–Crippen MR) is 89.2 cm³/mol. The quantitative estimate of drug-likeness (QED) is 0.783. The van der Waals surface area contributed by atoms with Crippen LogP contribution in [0.15, 0.2) is 0 Å². The molecule has 2 atom stereocenters. The molecule has 3 aliphatic rings. The SMILES string of the molecule is CCO[C@H]1C[C@@H](NC2CCN(CCOC)CC2)C12CCCC2. The summed E-state index contributed by atoms with van der Waals surface area (Å²) in [6, 6.07) is 1.42. The normalized spacial score (nSPS) is 32.5. The van der Waals surface area contributed by atoms with Gasteiger partial charge in [0.15, 0.2) is 0 Å². The van der Waals surface area contributed by atoms with Crippen LogP contribution in [0.1, 0.15) is 51.9 Å². The molecule has 4 nitrogen and oxygen atoms in total. The molecule has 0 aromatic carbocycles. The Morgan fingerprint density at radius 3 is 2.55 bits per heavy atom. The topological polar surface area (TPSA) is 33.7 Å². The number of methoxy groups -OCH3 is 1. The van der Waals surface area contributed by atoms with Crippen molar-refractivity contribution in [3.8, 4) is 0 Å². The van der Waals surface area contributed by atoms with Crippen molar-refractivity contribution in [3.63, 3.8) is 0 Å². The Labute approximate surface area is 135 Å². The Morgan fingerprint density at radius 1 is 1.18 bits per heavy atom. The summed E-state index contributed by atoms with van der Waals surface area (Å²) in [7, 11) is 1.79. The van der Waals surface area contributed by atoms with Gasteiger partial charge >= 0.3 is 0 Å². The first-order chi connectivity index (χ1) is 10.8. The number of rotatable bonds is 7. The van der Waals surface area contributed by atoms with Crippen molar-refractivity contribution < 1.29 is 9.47 Å². The minimum absolute atomic E-state index is 0.475. The first kappa shape index (κ1) is 16.7. The molecule has 3 rings (SSSR count). The van der Waals surface area contributed by atoms with Crippen LogP contribution in [-0.2, 0) is 9.47 Å². The Bertz CT molecular complexity index is 336. The fourth-order valence-corrected chi connectivity index (χ4v) is 4.95. The molecule has 1 N–H and O–H groups in total. The number of piperidine rings is 1. The number of nitrogens with one attached hydrogen (secondary N) is 1. The van der Waals surface area contributed by atoms with Gasteiger partial charge in [0.2, 0.25) is 0 Å². The largest absolute Gasteiger partial charge is 0.383 e. The van der Waals surface area contributed by atoms with Crippen molar-refractivity contribution in [2.75, 3.05) is 40.0 Å². The molecule has 1 aliphatic heterocycles. The molecule has 4 heteroatoms. The highest BCUT2D eigenvalue weighted by atomic mass is 16.5. The summed E-state index contributed by atoms with van der Waals surface area (Å²) in [5, 5.41) is 4.02. The maximum absolute atomic E-state index is 6.03. The van der Waals surface area contributed by atoms with E-state index in [4.69, 9.17) is 9.47 Å². The van der Waals surface area contributed by atoms with Crippen LogP contribution in [0, 0.1) is 5.41 Å². The minimum atomic E-state index is 0.475. The lowest BCUT2D eigenvalue weighted by Crippen LogP contribution is -2.65. The van der Waals surface area contributed by atoms with Crippen LogP contribution < -0.4 is 5.32 Å². The third-order valence-electron chi connectivity index (χ3n) is 6.32. The molecule has 0 amide bonds. The average Bonchev–Trinajstić information content (AvgIpc) is 3.06. The molecule has 2 saturated carbocycles. The molecule has 2 aliphatic carbocycles. The second-order valence-corrected chi connectivity index (χ2v) is 7.45. The van der Waals surface area contributed by atoms with Gasteiger partial charge in [-0.05, 0) is 52.1 Å². The molecule has 0 unspecified atom stereocenters. The van der Waals surface area contributed by atoms with Gasteiger partial charge in [-0.2, -0.15) is 0 Å². The minimum Gasteiger partial charge on any atom is -0.383 e. The molecule has 128 valence electrons. The molecule has 0 aromatic heterocycles. The molecular weight excluding hydrogens is 276 g/mol. The monoisotopic (exact) mass is 310 g/mol. The highest BCUT2D eigenvalue weighted by Crippen LogP contribution is 2.55. The summed E-state index contributed by atoms with van der Waals surface area (Å²) in [5.74, 6) is 0. The van der Waals surface area contributed by atoms with Crippen molar-refractivity contribution in [2.24, 2.45) is 5.41 Å². The van der Waals surface area contributed by atoms with Crippen molar-refractivity contribution in [1.82, 2.24) is 10.2 Å². The Morgan fingerprint density at radius 2 is 1.91 bits per heavy atom. The van der Waals surface area contributed by atoms with E-state index >= 15 is 0 Å². The molecule has 0 bridgehead atoms. The first-order valence-corrected chi connectivity index (χ1v) is 9.37. The summed E-state index contributed by atoms with van der Waals surface area (Å²) >= 11 is 0. The molecular formula is C18H34N2O2. The van der Waals surface area contributed by atoms with Gasteiger partial charge in [0.05, 0.1) is 12.7 Å². The third-order valence-corrected chi connectivity index (χ3v) is 6.32. The lowest BCUT2D eigenvalue weighted by atomic mass is 9.60. The van der Waals surface area contributed by atoms with Crippen LogP contribution >= 0.6 is 0 Å². The van der Waals surface area contributed by atoms with Crippen LogP contribution in [0.2, 0.25) is 0 Å². The smallest absolute Gasteiger partial charge is 0.0661 e. The standard InChI is InChI=1S/C18H34N2O2/c1-3-22-17-14-16(18(17)8-4-5-9-18)19-15-6-10-20(11-7-15)12-13-21-2/h15-17,19H,3-14H2,1-2H3/t16-,17+/m1/s1. The Hall–Kier alpha value is -0.160. The maximum Gasteiger partial charge on any atom is 0.0661 e. The number of hydrogen-bond acceptors (Lipinski definition) is 4. The van der Waals surface area contributed by atoms with Gasteiger partial charge in [-0.3, -0.25) is 0 Å². The van der Waals surface area contributed by atoms with Gasteiger partial charge < -0.3 is 19.7 Å². The fourth-order valence-electron chi connectivity index (χ4n) is 4.95. The number of nitrogens with zero attached hydrogens (tertiary/aromatic N) is 1. The molecule has 0 radical (unpaired) electrons. The summed E-state index contributed by atoms with van der Waals surface area (Å²) < 4.78 is 11.2. The summed E-state index contributed by atoms with van der Waals surface area (Å²) in [5.41, 5.74) is 0.475. The second kappa shape index (κ2) is 7.61. The predicted octanol–water partition coefficient (Wildman–Crippen LogP) is 2.42. The van der Waals surface area contributed by atoms with E-state index in [0.29, 0.717) is 23.6 Å². The number of likely N-dealkylation sites (tertiary alicyclic amines) is 1. The molecule has 22 heavy (non-hydrogen) atoms. The Balaban J connectivity index is 1.46. The van der Waals surface area contributed by atoms with Crippen molar-refractivity contribution in [1.29, 1.82) is 0 Å².